The lowest BCUT2D eigenvalue weighted by atomic mass is 10.0. The highest BCUT2D eigenvalue weighted by atomic mass is 19.4. The molecule has 0 bridgehead atoms. The fourth-order valence-electron chi connectivity index (χ4n) is 2.12. The molecule has 24 heavy (non-hydrogen) atoms. The van der Waals surface area contributed by atoms with Gasteiger partial charge >= 0.3 is 18.2 Å². The van der Waals surface area contributed by atoms with Crippen molar-refractivity contribution >= 4 is 17.5 Å². The average Bonchev–Trinajstić information content (AvgIpc) is 3.30. The Bertz CT molecular complexity index is 610. The van der Waals surface area contributed by atoms with E-state index in [1.54, 1.807) is 6.92 Å². The van der Waals surface area contributed by atoms with Gasteiger partial charge in [-0.2, -0.15) is 0 Å². The molecule has 1 atom stereocenters. The minimum atomic E-state index is -4.80. The third-order valence-corrected chi connectivity index (χ3v) is 3.62. The van der Waals surface area contributed by atoms with Crippen molar-refractivity contribution in [1.82, 2.24) is 5.32 Å². The molecule has 9 heteroatoms. The van der Waals surface area contributed by atoms with E-state index in [-0.39, 0.29) is 18.2 Å². The molecule has 0 heterocycles. The maximum Gasteiger partial charge on any atom is 0.573 e. The highest BCUT2D eigenvalue weighted by Gasteiger charge is 2.40. The number of rotatable bonds is 5. The van der Waals surface area contributed by atoms with Crippen molar-refractivity contribution in [2.75, 3.05) is 11.9 Å². The molecule has 2 amide bonds. The highest BCUT2D eigenvalue weighted by Crippen LogP contribution is 2.38. The molecule has 0 saturated heterocycles. The van der Waals surface area contributed by atoms with E-state index in [2.05, 4.69) is 15.4 Å². The van der Waals surface area contributed by atoms with Crippen LogP contribution in [-0.4, -0.2) is 35.4 Å². The van der Waals surface area contributed by atoms with Gasteiger partial charge in [0.1, 0.15) is 5.75 Å². The average molecular weight is 346 g/mol. The second-order valence-electron chi connectivity index (χ2n) is 5.84. The van der Waals surface area contributed by atoms with Gasteiger partial charge in [-0.05, 0) is 49.9 Å². The monoisotopic (exact) mass is 346 g/mol. The standard InChI is InChI=1S/C15H17F3N2O4/c1-14(23,9-2-3-9)8-19-12(21)13(22)20-10-4-6-11(7-5-10)24-15(16,17)18/h4-7,9,23H,2-3,8H2,1H3,(H,19,21)(H,20,22). The lowest BCUT2D eigenvalue weighted by Gasteiger charge is -2.22. The van der Waals surface area contributed by atoms with Crippen LogP contribution in [0.2, 0.25) is 0 Å². The predicted molar refractivity (Wildman–Crippen MR) is 78.1 cm³/mol. The molecule has 2 rings (SSSR count). The minimum absolute atomic E-state index is 0.0533. The molecule has 1 aromatic rings. The number of carbonyl (C=O) groups is 2. The molecule has 1 aliphatic carbocycles. The van der Waals surface area contributed by atoms with Gasteiger partial charge in [-0.25, -0.2) is 0 Å². The maximum absolute atomic E-state index is 12.0. The van der Waals surface area contributed by atoms with Gasteiger partial charge < -0.3 is 20.5 Å². The summed E-state index contributed by atoms with van der Waals surface area (Å²) < 4.78 is 39.8. The molecule has 0 spiro atoms. The van der Waals surface area contributed by atoms with Gasteiger partial charge in [0, 0.05) is 12.2 Å². The van der Waals surface area contributed by atoms with Crippen LogP contribution in [0, 0.1) is 5.92 Å². The number of halogens is 3. The molecule has 1 unspecified atom stereocenters. The summed E-state index contributed by atoms with van der Waals surface area (Å²) >= 11 is 0. The number of anilines is 1. The van der Waals surface area contributed by atoms with E-state index in [1.165, 1.54) is 12.1 Å². The van der Waals surface area contributed by atoms with Crippen LogP contribution in [0.1, 0.15) is 19.8 Å². The smallest absolute Gasteiger partial charge is 0.406 e. The topological polar surface area (TPSA) is 87.7 Å². The minimum Gasteiger partial charge on any atom is -0.406 e. The number of carbonyl (C=O) groups excluding carboxylic acids is 2. The molecular formula is C15H17F3N2O4. The van der Waals surface area contributed by atoms with E-state index >= 15 is 0 Å². The Labute approximate surface area is 136 Å². The first-order chi connectivity index (χ1) is 11.1. The number of benzene rings is 1. The third kappa shape index (κ3) is 5.41. The normalized spacial score (nSPS) is 16.9. The molecule has 132 valence electrons. The van der Waals surface area contributed by atoms with E-state index in [4.69, 9.17) is 0 Å². The molecule has 1 saturated carbocycles. The molecule has 0 aliphatic heterocycles. The van der Waals surface area contributed by atoms with Crippen LogP contribution in [0.3, 0.4) is 0 Å². The fourth-order valence-corrected chi connectivity index (χ4v) is 2.12. The summed E-state index contributed by atoms with van der Waals surface area (Å²) in [6.07, 6.45) is -3.05. The second-order valence-corrected chi connectivity index (χ2v) is 5.84. The van der Waals surface area contributed by atoms with Crippen LogP contribution in [0.5, 0.6) is 5.75 Å². The molecule has 6 nitrogen and oxygen atoms in total. The summed E-state index contributed by atoms with van der Waals surface area (Å²) in [5, 5.41) is 14.6. The van der Waals surface area contributed by atoms with Gasteiger partial charge in [0.15, 0.2) is 0 Å². The lowest BCUT2D eigenvalue weighted by Crippen LogP contribution is -2.45. The van der Waals surface area contributed by atoms with Gasteiger partial charge in [-0.1, -0.05) is 0 Å². The third-order valence-electron chi connectivity index (χ3n) is 3.62. The van der Waals surface area contributed by atoms with Gasteiger partial charge in [0.25, 0.3) is 0 Å². The molecule has 0 radical (unpaired) electrons. The first-order valence-corrected chi connectivity index (χ1v) is 7.24. The zero-order valence-electron chi connectivity index (χ0n) is 12.8. The summed E-state index contributed by atoms with van der Waals surface area (Å²) in [6.45, 7) is 1.53. The molecular weight excluding hydrogens is 329 g/mol. The number of alkyl halides is 3. The van der Waals surface area contributed by atoms with E-state index in [0.717, 1.165) is 25.0 Å². The van der Waals surface area contributed by atoms with Crippen molar-refractivity contribution in [2.24, 2.45) is 5.92 Å². The van der Waals surface area contributed by atoms with Crippen molar-refractivity contribution < 1.29 is 32.6 Å². The summed E-state index contributed by atoms with van der Waals surface area (Å²) in [7, 11) is 0. The predicted octanol–water partition coefficient (Wildman–Crippen LogP) is 1.80. The molecule has 1 aliphatic rings. The quantitative estimate of drug-likeness (QED) is 0.710. The molecule has 0 aromatic heterocycles. The Hall–Kier alpha value is -2.29. The van der Waals surface area contributed by atoms with Crippen LogP contribution >= 0.6 is 0 Å². The van der Waals surface area contributed by atoms with Crippen LogP contribution in [-0.2, 0) is 9.59 Å². The summed E-state index contributed by atoms with van der Waals surface area (Å²) in [5.74, 6) is -2.25. The zero-order chi connectivity index (χ0) is 18.0. The van der Waals surface area contributed by atoms with Gasteiger partial charge in [0.2, 0.25) is 0 Å². The largest absolute Gasteiger partial charge is 0.573 e. The van der Waals surface area contributed by atoms with Gasteiger partial charge in [-0.15, -0.1) is 13.2 Å². The van der Waals surface area contributed by atoms with Crippen LogP contribution in [0.15, 0.2) is 24.3 Å². The van der Waals surface area contributed by atoms with E-state index in [0.29, 0.717) is 0 Å². The number of amides is 2. The first-order valence-electron chi connectivity index (χ1n) is 7.24. The van der Waals surface area contributed by atoms with Crippen molar-refractivity contribution in [3.63, 3.8) is 0 Å². The lowest BCUT2D eigenvalue weighted by molar-refractivity contribution is -0.274. The Kier molecular flexibility index (Phi) is 5.02. The van der Waals surface area contributed by atoms with E-state index in [9.17, 15) is 27.9 Å². The summed E-state index contributed by atoms with van der Waals surface area (Å²) in [6, 6.07) is 4.37. The maximum atomic E-state index is 12.0. The Morgan fingerprint density at radius 3 is 2.29 bits per heavy atom. The number of nitrogens with one attached hydrogen (secondary N) is 2. The summed E-state index contributed by atoms with van der Waals surface area (Å²) in [4.78, 5) is 23.4. The highest BCUT2D eigenvalue weighted by molar-refractivity contribution is 6.39. The van der Waals surface area contributed by atoms with Crippen molar-refractivity contribution in [3.8, 4) is 5.75 Å². The Morgan fingerprint density at radius 1 is 1.21 bits per heavy atom. The number of hydrogen-bond acceptors (Lipinski definition) is 4. The molecule has 1 aromatic carbocycles. The molecule has 3 N–H and O–H groups in total. The Morgan fingerprint density at radius 2 is 1.79 bits per heavy atom. The molecule has 1 fully saturated rings. The van der Waals surface area contributed by atoms with Crippen LogP contribution in [0.25, 0.3) is 0 Å². The van der Waals surface area contributed by atoms with Crippen LogP contribution in [0.4, 0.5) is 18.9 Å². The number of hydrogen-bond donors (Lipinski definition) is 3. The Balaban J connectivity index is 1.83. The zero-order valence-corrected chi connectivity index (χ0v) is 12.8. The first kappa shape index (κ1) is 18.1. The second kappa shape index (κ2) is 6.68. The SMILES string of the molecule is CC(O)(CNC(=O)C(=O)Nc1ccc(OC(F)(F)F)cc1)C1CC1. The van der Waals surface area contributed by atoms with Crippen molar-refractivity contribution in [3.05, 3.63) is 24.3 Å². The fraction of sp³-hybridized carbons (Fsp3) is 0.467. The van der Waals surface area contributed by atoms with E-state index < -0.39 is 29.5 Å². The van der Waals surface area contributed by atoms with Crippen LogP contribution < -0.4 is 15.4 Å². The number of aliphatic hydroxyl groups is 1. The summed E-state index contributed by atoms with van der Waals surface area (Å²) in [5.41, 5.74) is -0.925. The number of ether oxygens (including phenoxy) is 1. The van der Waals surface area contributed by atoms with Crippen molar-refractivity contribution in [1.29, 1.82) is 0 Å². The van der Waals surface area contributed by atoms with Gasteiger partial charge in [0.05, 0.1) is 5.60 Å². The van der Waals surface area contributed by atoms with Crippen molar-refractivity contribution in [2.45, 2.75) is 31.7 Å². The van der Waals surface area contributed by atoms with E-state index in [1.807, 2.05) is 0 Å². The van der Waals surface area contributed by atoms with Gasteiger partial charge in [-0.3, -0.25) is 9.59 Å².